The lowest BCUT2D eigenvalue weighted by Gasteiger charge is -2.27. The molecule has 2 amide bonds. The van der Waals surface area contributed by atoms with E-state index in [9.17, 15) is 9.59 Å². The number of benzene rings is 2. The number of hydrogen-bond donors (Lipinski definition) is 1. The lowest BCUT2D eigenvalue weighted by atomic mass is 9.91. The quantitative estimate of drug-likeness (QED) is 0.860. The molecule has 2 fully saturated rings. The number of imide groups is 1. The van der Waals surface area contributed by atoms with Gasteiger partial charge >= 0.3 is 0 Å². The lowest BCUT2D eigenvalue weighted by Crippen LogP contribution is -2.33. The number of amides is 2. The molecule has 116 valence electrons. The summed E-state index contributed by atoms with van der Waals surface area (Å²) in [5, 5.41) is 4.60. The van der Waals surface area contributed by atoms with Gasteiger partial charge in [-0.05, 0) is 29.8 Å². The average Bonchev–Trinajstić information content (AvgIpc) is 3.08. The Morgan fingerprint density at radius 2 is 1.65 bits per heavy atom. The molecule has 2 aliphatic rings. The molecule has 0 aliphatic carbocycles. The fourth-order valence-corrected chi connectivity index (χ4v) is 3.26. The van der Waals surface area contributed by atoms with Crippen LogP contribution in [-0.2, 0) is 14.4 Å². The highest BCUT2D eigenvalue weighted by atomic mass is 35.5. The summed E-state index contributed by atoms with van der Waals surface area (Å²) in [5.41, 5.74) is 1.66. The summed E-state index contributed by atoms with van der Waals surface area (Å²) in [7, 11) is 0. The van der Waals surface area contributed by atoms with Gasteiger partial charge in [-0.2, -0.15) is 0 Å². The molecule has 0 radical (unpaired) electrons. The van der Waals surface area contributed by atoms with E-state index in [0.29, 0.717) is 5.02 Å². The maximum atomic E-state index is 12.2. The first kappa shape index (κ1) is 14.2. The van der Waals surface area contributed by atoms with Crippen molar-refractivity contribution in [3.63, 3.8) is 0 Å². The zero-order valence-electron chi connectivity index (χ0n) is 12.0. The SMILES string of the molecule is O=C1NC(=O)[C@@H]2ON(c3ccc(Cl)cc3)[C@H](c3ccccc3)[C@H]12. The molecule has 2 aliphatic heterocycles. The van der Waals surface area contributed by atoms with Crippen molar-refractivity contribution in [3.05, 3.63) is 65.2 Å². The van der Waals surface area contributed by atoms with E-state index < -0.39 is 17.9 Å². The summed E-state index contributed by atoms with van der Waals surface area (Å²) < 4.78 is 0. The van der Waals surface area contributed by atoms with Gasteiger partial charge in [0.05, 0.1) is 11.7 Å². The third kappa shape index (κ3) is 2.29. The van der Waals surface area contributed by atoms with E-state index in [1.807, 2.05) is 42.5 Å². The molecule has 0 spiro atoms. The molecule has 4 rings (SSSR count). The van der Waals surface area contributed by atoms with Crippen molar-refractivity contribution >= 4 is 29.1 Å². The van der Waals surface area contributed by atoms with Crippen LogP contribution in [-0.4, -0.2) is 17.9 Å². The maximum absolute atomic E-state index is 12.2. The number of nitrogens with one attached hydrogen (secondary N) is 1. The molecule has 2 aromatic carbocycles. The predicted molar refractivity (Wildman–Crippen MR) is 84.6 cm³/mol. The first-order chi connectivity index (χ1) is 11.1. The van der Waals surface area contributed by atoms with Crippen molar-refractivity contribution in [3.8, 4) is 0 Å². The van der Waals surface area contributed by atoms with Crippen molar-refractivity contribution in [1.82, 2.24) is 5.32 Å². The van der Waals surface area contributed by atoms with E-state index in [0.717, 1.165) is 11.3 Å². The Kier molecular flexibility index (Phi) is 3.32. The molecule has 5 nitrogen and oxygen atoms in total. The van der Waals surface area contributed by atoms with Gasteiger partial charge in [-0.3, -0.25) is 19.7 Å². The van der Waals surface area contributed by atoms with Gasteiger partial charge in [0, 0.05) is 5.02 Å². The van der Waals surface area contributed by atoms with Gasteiger partial charge in [0.2, 0.25) is 5.91 Å². The Hall–Kier alpha value is -2.37. The molecule has 2 heterocycles. The summed E-state index contributed by atoms with van der Waals surface area (Å²) >= 11 is 5.94. The topological polar surface area (TPSA) is 58.6 Å². The Balaban J connectivity index is 1.80. The van der Waals surface area contributed by atoms with E-state index in [1.54, 1.807) is 17.2 Å². The molecule has 6 heteroatoms. The minimum atomic E-state index is -0.802. The van der Waals surface area contributed by atoms with Crippen molar-refractivity contribution < 1.29 is 14.4 Å². The van der Waals surface area contributed by atoms with E-state index in [4.69, 9.17) is 16.4 Å². The van der Waals surface area contributed by atoms with Crippen molar-refractivity contribution in [2.45, 2.75) is 12.1 Å². The number of fused-ring (bicyclic) bond motifs is 1. The molecular weight excluding hydrogens is 316 g/mol. The zero-order chi connectivity index (χ0) is 16.0. The molecule has 2 saturated heterocycles. The number of carbonyl (C=O) groups is 2. The van der Waals surface area contributed by atoms with Crippen LogP contribution in [0.2, 0.25) is 5.02 Å². The average molecular weight is 329 g/mol. The summed E-state index contributed by atoms with van der Waals surface area (Å²) in [6.45, 7) is 0. The fourth-order valence-electron chi connectivity index (χ4n) is 3.14. The highest BCUT2D eigenvalue weighted by molar-refractivity contribution is 6.30. The van der Waals surface area contributed by atoms with Crippen LogP contribution in [0.25, 0.3) is 0 Å². The van der Waals surface area contributed by atoms with Crippen LogP contribution >= 0.6 is 11.6 Å². The van der Waals surface area contributed by atoms with Crippen LogP contribution in [0.4, 0.5) is 5.69 Å². The Morgan fingerprint density at radius 1 is 0.957 bits per heavy atom. The summed E-state index contributed by atoms with van der Waals surface area (Å²) in [5.74, 6) is -1.26. The van der Waals surface area contributed by atoms with Gasteiger partial charge in [0.25, 0.3) is 5.91 Å². The normalized spacial score (nSPS) is 26.3. The van der Waals surface area contributed by atoms with E-state index >= 15 is 0 Å². The minimum absolute atomic E-state index is 0.301. The lowest BCUT2D eigenvalue weighted by molar-refractivity contribution is -0.129. The third-order valence-electron chi connectivity index (χ3n) is 4.18. The summed E-state index contributed by atoms with van der Waals surface area (Å²) in [4.78, 5) is 30.0. The van der Waals surface area contributed by atoms with E-state index in [1.165, 1.54) is 0 Å². The van der Waals surface area contributed by atoms with Gasteiger partial charge in [-0.15, -0.1) is 0 Å². The first-order valence-electron chi connectivity index (χ1n) is 7.26. The predicted octanol–water partition coefficient (Wildman–Crippen LogP) is 2.47. The Labute approximate surface area is 137 Å². The van der Waals surface area contributed by atoms with Gasteiger partial charge in [0.15, 0.2) is 6.10 Å². The van der Waals surface area contributed by atoms with Crippen LogP contribution in [0.15, 0.2) is 54.6 Å². The molecule has 1 N–H and O–H groups in total. The van der Waals surface area contributed by atoms with Gasteiger partial charge in [-0.25, -0.2) is 5.06 Å². The van der Waals surface area contributed by atoms with E-state index in [-0.39, 0.29) is 11.9 Å². The monoisotopic (exact) mass is 328 g/mol. The molecule has 0 bridgehead atoms. The van der Waals surface area contributed by atoms with Crippen molar-refractivity contribution in [2.75, 3.05) is 5.06 Å². The number of nitrogens with zero attached hydrogens (tertiary/aromatic N) is 1. The number of hydroxylamine groups is 1. The van der Waals surface area contributed by atoms with Crippen LogP contribution in [0, 0.1) is 5.92 Å². The number of hydrogen-bond acceptors (Lipinski definition) is 4. The number of rotatable bonds is 2. The van der Waals surface area contributed by atoms with Crippen LogP contribution in [0.5, 0.6) is 0 Å². The zero-order valence-corrected chi connectivity index (χ0v) is 12.7. The van der Waals surface area contributed by atoms with Crippen LogP contribution < -0.4 is 10.4 Å². The number of halogens is 1. The van der Waals surface area contributed by atoms with Crippen molar-refractivity contribution in [2.24, 2.45) is 5.92 Å². The minimum Gasteiger partial charge on any atom is -0.294 e. The molecule has 0 unspecified atom stereocenters. The standard InChI is InChI=1S/C17H13ClN2O3/c18-11-6-8-12(9-7-11)20-14(10-4-2-1-3-5-10)13-15(23-20)17(22)19-16(13)21/h1-9,13-15H,(H,19,21,22)/t13-,14+,15+/m0/s1. The second-order valence-electron chi connectivity index (χ2n) is 5.56. The molecule has 0 aromatic heterocycles. The number of anilines is 1. The Bertz CT molecular complexity index is 763. The van der Waals surface area contributed by atoms with Crippen LogP contribution in [0.3, 0.4) is 0 Å². The fraction of sp³-hybridized carbons (Fsp3) is 0.176. The maximum Gasteiger partial charge on any atom is 0.259 e. The van der Waals surface area contributed by atoms with Gasteiger partial charge in [0.1, 0.15) is 5.92 Å². The van der Waals surface area contributed by atoms with Crippen LogP contribution in [0.1, 0.15) is 11.6 Å². The second-order valence-corrected chi connectivity index (χ2v) is 6.00. The highest BCUT2D eigenvalue weighted by Crippen LogP contribution is 2.44. The molecule has 0 saturated carbocycles. The van der Waals surface area contributed by atoms with E-state index in [2.05, 4.69) is 5.32 Å². The largest absolute Gasteiger partial charge is 0.294 e. The molecule has 2 aromatic rings. The molecule has 3 atom stereocenters. The Morgan fingerprint density at radius 3 is 2.35 bits per heavy atom. The summed E-state index contributed by atoms with van der Waals surface area (Å²) in [6, 6.07) is 16.3. The van der Waals surface area contributed by atoms with Gasteiger partial charge in [-0.1, -0.05) is 41.9 Å². The first-order valence-corrected chi connectivity index (χ1v) is 7.64. The third-order valence-corrected chi connectivity index (χ3v) is 4.43. The van der Waals surface area contributed by atoms with Crippen molar-refractivity contribution in [1.29, 1.82) is 0 Å². The summed E-state index contributed by atoms with van der Waals surface area (Å²) in [6.07, 6.45) is -0.802. The molecular formula is C17H13ClN2O3. The van der Waals surface area contributed by atoms with Gasteiger partial charge < -0.3 is 0 Å². The number of carbonyl (C=O) groups excluding carboxylic acids is 2. The molecule has 23 heavy (non-hydrogen) atoms. The highest BCUT2D eigenvalue weighted by Gasteiger charge is 2.56. The second kappa shape index (κ2) is 5.37. The smallest absolute Gasteiger partial charge is 0.259 e.